The molecule has 0 aliphatic carbocycles. The molecule has 7 heteroatoms. The fourth-order valence-corrected chi connectivity index (χ4v) is 3.33. The molecule has 3 aromatic heterocycles. The van der Waals surface area contributed by atoms with Gasteiger partial charge in [0.25, 0.3) is 0 Å². The Kier molecular flexibility index (Phi) is 4.76. The largest absolute Gasteiger partial charge is 0.338 e. The first-order valence-electron chi connectivity index (χ1n) is 9.52. The number of hydrogen-bond donors (Lipinski definition) is 1. The molecule has 0 amide bonds. The minimum absolute atomic E-state index is 0.321. The second kappa shape index (κ2) is 7.87. The minimum atomic E-state index is -0.470. The van der Waals surface area contributed by atoms with E-state index in [2.05, 4.69) is 25.3 Å². The molecule has 0 saturated heterocycles. The third-order valence-corrected chi connectivity index (χ3v) is 4.77. The fourth-order valence-electron chi connectivity index (χ4n) is 3.33. The minimum Gasteiger partial charge on any atom is -0.338 e. The highest BCUT2D eigenvalue weighted by atomic mass is 19.1. The van der Waals surface area contributed by atoms with Crippen LogP contribution >= 0.6 is 0 Å². The number of benzene rings is 2. The lowest BCUT2D eigenvalue weighted by Gasteiger charge is -2.12. The van der Waals surface area contributed by atoms with Crippen molar-refractivity contribution < 1.29 is 8.78 Å². The van der Waals surface area contributed by atoms with Crippen molar-refractivity contribution in [1.29, 1.82) is 0 Å². The summed E-state index contributed by atoms with van der Waals surface area (Å²) in [4.78, 5) is 17.3. The van der Waals surface area contributed by atoms with E-state index in [1.54, 1.807) is 36.7 Å². The molecule has 0 fully saturated rings. The normalized spacial score (nSPS) is 10.9. The first kappa shape index (κ1) is 18.7. The number of nitrogens with one attached hydrogen (secondary N) is 1. The van der Waals surface area contributed by atoms with Gasteiger partial charge in [0.2, 0.25) is 0 Å². The number of nitrogens with zero attached hydrogens (tertiary/aromatic N) is 4. The maximum absolute atomic E-state index is 14.3. The summed E-state index contributed by atoms with van der Waals surface area (Å²) >= 11 is 0. The van der Waals surface area contributed by atoms with Crippen molar-refractivity contribution in [2.45, 2.75) is 0 Å². The third-order valence-electron chi connectivity index (χ3n) is 4.77. The van der Waals surface area contributed by atoms with Gasteiger partial charge in [-0.05, 0) is 35.9 Å². The fraction of sp³-hybridized carbons (Fsp3) is 0. The third kappa shape index (κ3) is 3.81. The molecule has 5 nitrogen and oxygen atoms in total. The predicted molar refractivity (Wildman–Crippen MR) is 116 cm³/mol. The number of hydrogen-bond acceptors (Lipinski definition) is 5. The lowest BCUT2D eigenvalue weighted by Crippen LogP contribution is -2.00. The predicted octanol–water partition coefficient (Wildman–Crippen LogP) is 5.78. The molecule has 31 heavy (non-hydrogen) atoms. The molecule has 0 aliphatic heterocycles. The van der Waals surface area contributed by atoms with Gasteiger partial charge in [-0.25, -0.2) is 18.7 Å². The average molecular weight is 411 g/mol. The Bertz CT molecular complexity index is 1390. The SMILES string of the molecule is Fc1cncc(Nc2nc(-c3cccnc3)nc3ccc(-c4ccccc4F)cc23)c1. The Morgan fingerprint density at radius 3 is 2.45 bits per heavy atom. The van der Waals surface area contributed by atoms with Crippen molar-refractivity contribution in [2.75, 3.05) is 5.32 Å². The Hall–Kier alpha value is -4.26. The number of anilines is 2. The Labute approximate surface area is 176 Å². The van der Waals surface area contributed by atoms with Gasteiger partial charge in [-0.2, -0.15) is 0 Å². The van der Waals surface area contributed by atoms with Crippen molar-refractivity contribution >= 4 is 22.4 Å². The lowest BCUT2D eigenvalue weighted by atomic mass is 10.0. The molecular weight excluding hydrogens is 396 g/mol. The molecule has 0 bridgehead atoms. The summed E-state index contributed by atoms with van der Waals surface area (Å²) in [5.74, 6) is 0.127. The topological polar surface area (TPSA) is 63.6 Å². The molecule has 5 aromatic rings. The van der Waals surface area contributed by atoms with E-state index < -0.39 is 5.82 Å². The summed E-state index contributed by atoms with van der Waals surface area (Å²) in [5.41, 5.74) is 2.99. The van der Waals surface area contributed by atoms with Crippen molar-refractivity contribution in [1.82, 2.24) is 19.9 Å². The van der Waals surface area contributed by atoms with Crippen LogP contribution in [0.2, 0.25) is 0 Å². The summed E-state index contributed by atoms with van der Waals surface area (Å²) in [6.45, 7) is 0. The standard InChI is InChI=1S/C24H15F2N5/c25-17-11-18(14-28-13-17)29-24-20-10-15(19-5-1-2-6-21(19)26)7-8-22(20)30-23(31-24)16-4-3-9-27-12-16/h1-14H,(H,29,30,31). The van der Waals surface area contributed by atoms with Crippen LogP contribution in [0.25, 0.3) is 33.4 Å². The van der Waals surface area contributed by atoms with Crippen LogP contribution in [0.15, 0.2) is 85.5 Å². The molecule has 0 atom stereocenters. The van der Waals surface area contributed by atoms with Gasteiger partial charge >= 0.3 is 0 Å². The van der Waals surface area contributed by atoms with Crippen LogP contribution in [0.1, 0.15) is 0 Å². The van der Waals surface area contributed by atoms with E-state index in [1.165, 1.54) is 18.3 Å². The second-order valence-corrected chi connectivity index (χ2v) is 6.87. The molecular formula is C24H15F2N5. The molecule has 0 unspecified atom stereocenters. The van der Waals surface area contributed by atoms with Crippen LogP contribution in [0.4, 0.5) is 20.3 Å². The highest BCUT2D eigenvalue weighted by Gasteiger charge is 2.13. The number of aromatic nitrogens is 4. The van der Waals surface area contributed by atoms with Gasteiger partial charge < -0.3 is 5.32 Å². The van der Waals surface area contributed by atoms with Crippen molar-refractivity contribution in [3.8, 4) is 22.5 Å². The van der Waals surface area contributed by atoms with E-state index in [0.717, 1.165) is 11.8 Å². The summed E-state index contributed by atoms with van der Waals surface area (Å²) in [7, 11) is 0. The summed E-state index contributed by atoms with van der Waals surface area (Å²) in [6, 6.07) is 17.0. The Balaban J connectivity index is 1.70. The molecule has 150 valence electrons. The summed E-state index contributed by atoms with van der Waals surface area (Å²) in [5, 5.41) is 3.79. The van der Waals surface area contributed by atoms with E-state index in [9.17, 15) is 8.78 Å². The number of pyridine rings is 2. The van der Waals surface area contributed by atoms with Gasteiger partial charge in [-0.15, -0.1) is 0 Å². The van der Waals surface area contributed by atoms with E-state index in [-0.39, 0.29) is 5.82 Å². The Morgan fingerprint density at radius 2 is 1.65 bits per heavy atom. The monoisotopic (exact) mass is 411 g/mol. The number of fused-ring (bicyclic) bond motifs is 1. The molecule has 5 rings (SSSR count). The van der Waals surface area contributed by atoms with Gasteiger partial charge in [0, 0.05) is 35.0 Å². The first-order chi connectivity index (χ1) is 15.2. The van der Waals surface area contributed by atoms with Gasteiger partial charge in [0.1, 0.15) is 17.5 Å². The molecule has 0 radical (unpaired) electrons. The number of rotatable bonds is 4. The quantitative estimate of drug-likeness (QED) is 0.406. The van der Waals surface area contributed by atoms with Crippen LogP contribution < -0.4 is 5.32 Å². The van der Waals surface area contributed by atoms with E-state index in [1.807, 2.05) is 24.3 Å². The van der Waals surface area contributed by atoms with Crippen LogP contribution in [0.5, 0.6) is 0 Å². The van der Waals surface area contributed by atoms with E-state index >= 15 is 0 Å². The maximum atomic E-state index is 14.3. The van der Waals surface area contributed by atoms with E-state index in [4.69, 9.17) is 0 Å². The van der Waals surface area contributed by atoms with E-state index in [0.29, 0.717) is 39.4 Å². The second-order valence-electron chi connectivity index (χ2n) is 6.87. The molecule has 3 heterocycles. The van der Waals surface area contributed by atoms with Crippen molar-refractivity contribution in [3.63, 3.8) is 0 Å². The lowest BCUT2D eigenvalue weighted by molar-refractivity contribution is 0.622. The van der Waals surface area contributed by atoms with Crippen LogP contribution in [-0.4, -0.2) is 19.9 Å². The van der Waals surface area contributed by atoms with Crippen molar-refractivity contribution in [3.05, 3.63) is 97.1 Å². The number of halogens is 2. The summed E-state index contributed by atoms with van der Waals surface area (Å²) < 4.78 is 28.0. The first-order valence-corrected chi connectivity index (χ1v) is 9.52. The van der Waals surface area contributed by atoms with Crippen LogP contribution in [0, 0.1) is 11.6 Å². The van der Waals surface area contributed by atoms with Gasteiger partial charge in [0.15, 0.2) is 5.82 Å². The van der Waals surface area contributed by atoms with Crippen LogP contribution in [-0.2, 0) is 0 Å². The highest BCUT2D eigenvalue weighted by Crippen LogP contribution is 2.32. The highest BCUT2D eigenvalue weighted by molar-refractivity contribution is 5.95. The molecule has 0 spiro atoms. The molecule has 1 N–H and O–H groups in total. The Morgan fingerprint density at radius 1 is 0.742 bits per heavy atom. The van der Waals surface area contributed by atoms with Gasteiger partial charge in [-0.1, -0.05) is 24.3 Å². The van der Waals surface area contributed by atoms with Crippen LogP contribution in [0.3, 0.4) is 0 Å². The van der Waals surface area contributed by atoms with Gasteiger partial charge in [-0.3, -0.25) is 9.97 Å². The van der Waals surface area contributed by atoms with Crippen molar-refractivity contribution in [2.24, 2.45) is 0 Å². The molecule has 0 saturated carbocycles. The smallest absolute Gasteiger partial charge is 0.163 e. The van der Waals surface area contributed by atoms with Gasteiger partial charge in [0.05, 0.1) is 23.6 Å². The zero-order valence-electron chi connectivity index (χ0n) is 16.1. The summed E-state index contributed by atoms with van der Waals surface area (Å²) in [6.07, 6.45) is 5.97. The zero-order valence-corrected chi connectivity index (χ0v) is 16.1. The zero-order chi connectivity index (χ0) is 21.2. The maximum Gasteiger partial charge on any atom is 0.163 e. The average Bonchev–Trinajstić information content (AvgIpc) is 2.80. The molecule has 0 aliphatic rings. The molecule has 2 aromatic carbocycles.